The number of benzene rings is 1. The highest BCUT2D eigenvalue weighted by Crippen LogP contribution is 2.30. The lowest BCUT2D eigenvalue weighted by molar-refractivity contribution is -0.148. The number of nitrogens with zero attached hydrogens (tertiary/aromatic N) is 2. The van der Waals surface area contributed by atoms with Gasteiger partial charge in [-0.1, -0.05) is 78.3 Å². The molecular formula is C34H55N3O7. The highest BCUT2D eigenvalue weighted by Gasteiger charge is 2.42. The number of ether oxygens (including phenoxy) is 2. The zero-order valence-corrected chi connectivity index (χ0v) is 28.1. The summed E-state index contributed by atoms with van der Waals surface area (Å²) in [5.74, 6) is -2.22. The Labute approximate surface area is 263 Å². The predicted molar refractivity (Wildman–Crippen MR) is 170 cm³/mol. The smallest absolute Gasteiger partial charge is 0.326 e. The number of aliphatic carboxylic acids is 1. The molecule has 7 unspecified atom stereocenters. The van der Waals surface area contributed by atoms with Crippen LogP contribution in [0.1, 0.15) is 72.8 Å². The van der Waals surface area contributed by atoms with Crippen LogP contribution in [0.5, 0.6) is 0 Å². The van der Waals surface area contributed by atoms with Gasteiger partial charge in [0.2, 0.25) is 17.7 Å². The molecule has 248 valence electrons. The molecule has 1 aromatic carbocycles. The molecule has 1 aliphatic heterocycles. The van der Waals surface area contributed by atoms with Crippen LogP contribution in [0.15, 0.2) is 30.3 Å². The second-order valence-electron chi connectivity index (χ2n) is 12.7. The number of carbonyl (C=O) groups is 4. The minimum Gasteiger partial charge on any atom is -0.480 e. The summed E-state index contributed by atoms with van der Waals surface area (Å²) in [5, 5.41) is 12.5. The minimum atomic E-state index is -1.12. The Kier molecular flexibility index (Phi) is 14.8. The van der Waals surface area contributed by atoms with Crippen molar-refractivity contribution in [3.05, 3.63) is 35.9 Å². The molecular weight excluding hydrogens is 562 g/mol. The van der Waals surface area contributed by atoms with Gasteiger partial charge < -0.3 is 29.7 Å². The molecule has 44 heavy (non-hydrogen) atoms. The SMILES string of the molecule is CCC(C)C(C(CC(=O)N1CCCC1C(OC)C(C)C(=O)NC(Cc1ccccc1)C(=O)O)OC)N(C)C(=O)[C@@H](C)C(C)C. The minimum absolute atomic E-state index is 0.0325. The van der Waals surface area contributed by atoms with Gasteiger partial charge in [0.25, 0.3) is 0 Å². The summed E-state index contributed by atoms with van der Waals surface area (Å²) in [7, 11) is 4.90. The summed E-state index contributed by atoms with van der Waals surface area (Å²) in [6, 6.07) is 7.41. The third-order valence-electron chi connectivity index (χ3n) is 9.55. The molecule has 0 radical (unpaired) electrons. The molecule has 0 aromatic heterocycles. The van der Waals surface area contributed by atoms with Gasteiger partial charge in [-0.05, 0) is 30.2 Å². The van der Waals surface area contributed by atoms with E-state index in [2.05, 4.69) is 19.2 Å². The second-order valence-corrected chi connectivity index (χ2v) is 12.7. The van der Waals surface area contributed by atoms with Gasteiger partial charge in [0.15, 0.2) is 0 Å². The van der Waals surface area contributed by atoms with Crippen LogP contribution in [0.2, 0.25) is 0 Å². The molecule has 10 nitrogen and oxygen atoms in total. The quantitative estimate of drug-likeness (QED) is 0.271. The van der Waals surface area contributed by atoms with Gasteiger partial charge in [0.1, 0.15) is 6.04 Å². The van der Waals surface area contributed by atoms with Crippen molar-refractivity contribution in [1.82, 2.24) is 15.1 Å². The maximum atomic E-state index is 13.9. The zero-order valence-electron chi connectivity index (χ0n) is 28.1. The lowest BCUT2D eigenvalue weighted by Gasteiger charge is -2.40. The molecule has 0 bridgehead atoms. The average Bonchev–Trinajstić information content (AvgIpc) is 3.49. The Bertz CT molecular complexity index is 1080. The zero-order chi connectivity index (χ0) is 33.1. The number of hydrogen-bond acceptors (Lipinski definition) is 6. The normalized spacial score (nSPS) is 19.9. The Morgan fingerprint density at radius 1 is 1.02 bits per heavy atom. The number of likely N-dealkylation sites (tertiary alicyclic amines) is 1. The Morgan fingerprint density at radius 3 is 2.18 bits per heavy atom. The van der Waals surface area contributed by atoms with Crippen molar-refractivity contribution >= 4 is 23.7 Å². The van der Waals surface area contributed by atoms with E-state index < -0.39 is 36.0 Å². The number of likely N-dealkylation sites (N-methyl/N-ethyl adjacent to an activating group) is 1. The molecule has 0 aliphatic carbocycles. The molecule has 1 aliphatic rings. The van der Waals surface area contributed by atoms with E-state index in [1.54, 1.807) is 30.9 Å². The average molecular weight is 618 g/mol. The van der Waals surface area contributed by atoms with Crippen LogP contribution in [0.4, 0.5) is 0 Å². The summed E-state index contributed by atoms with van der Waals surface area (Å²) in [6.07, 6.45) is 1.34. The first kappa shape index (κ1) is 37.2. The van der Waals surface area contributed by atoms with Gasteiger partial charge >= 0.3 is 5.97 Å². The standard InChI is InChI=1S/C34H55N3O7/c1-10-22(4)30(36(7)33(40)23(5)21(2)3)28(43-8)20-29(38)37-18-14-17-27(37)31(44-9)24(6)32(39)35-26(34(41)42)19-25-15-12-11-13-16-25/h11-13,15-16,21-24,26-28,30-31H,10,14,17-20H2,1-9H3,(H,35,39)(H,41,42)/t22?,23-,24?,26?,27?,28?,30?,31?/m0/s1. The first-order chi connectivity index (χ1) is 20.8. The van der Waals surface area contributed by atoms with Crippen LogP contribution >= 0.6 is 0 Å². The summed E-state index contributed by atoms with van der Waals surface area (Å²) < 4.78 is 11.7. The van der Waals surface area contributed by atoms with Crippen LogP contribution in [0.25, 0.3) is 0 Å². The lowest BCUT2D eigenvalue weighted by atomic mass is 9.88. The first-order valence-corrected chi connectivity index (χ1v) is 16.0. The van der Waals surface area contributed by atoms with Crippen LogP contribution in [-0.2, 0) is 35.1 Å². The van der Waals surface area contributed by atoms with Gasteiger partial charge in [-0.15, -0.1) is 0 Å². The second kappa shape index (κ2) is 17.5. The number of amides is 3. The van der Waals surface area contributed by atoms with E-state index in [0.717, 1.165) is 18.4 Å². The van der Waals surface area contributed by atoms with Crippen molar-refractivity contribution in [1.29, 1.82) is 0 Å². The molecule has 1 saturated heterocycles. The van der Waals surface area contributed by atoms with Crippen molar-refractivity contribution in [3.8, 4) is 0 Å². The van der Waals surface area contributed by atoms with E-state index in [4.69, 9.17) is 9.47 Å². The predicted octanol–water partition coefficient (Wildman–Crippen LogP) is 4.01. The fourth-order valence-electron chi connectivity index (χ4n) is 6.27. The molecule has 1 aromatic rings. The largest absolute Gasteiger partial charge is 0.480 e. The van der Waals surface area contributed by atoms with Crippen LogP contribution in [0.3, 0.4) is 0 Å². The van der Waals surface area contributed by atoms with Crippen LogP contribution in [-0.4, -0.2) is 96.7 Å². The third kappa shape index (κ3) is 9.51. The van der Waals surface area contributed by atoms with Crippen molar-refractivity contribution in [3.63, 3.8) is 0 Å². The number of methoxy groups -OCH3 is 2. The molecule has 1 fully saturated rings. The third-order valence-corrected chi connectivity index (χ3v) is 9.55. The number of carboxylic acid groups (broad SMARTS) is 1. The molecule has 10 heteroatoms. The molecule has 0 spiro atoms. The molecule has 2 rings (SSSR count). The summed E-state index contributed by atoms with van der Waals surface area (Å²) in [6.45, 7) is 12.4. The van der Waals surface area contributed by atoms with E-state index >= 15 is 0 Å². The fraction of sp³-hybridized carbons (Fsp3) is 0.706. The number of carbonyl (C=O) groups excluding carboxylic acids is 3. The number of nitrogens with one attached hydrogen (secondary N) is 1. The summed E-state index contributed by atoms with van der Waals surface area (Å²) in [5.41, 5.74) is 0.804. The van der Waals surface area contributed by atoms with Gasteiger partial charge in [-0.3, -0.25) is 14.4 Å². The Morgan fingerprint density at radius 2 is 1.66 bits per heavy atom. The van der Waals surface area contributed by atoms with Gasteiger partial charge in [-0.25, -0.2) is 4.79 Å². The Balaban J connectivity index is 2.20. The molecule has 8 atom stereocenters. The fourth-order valence-corrected chi connectivity index (χ4v) is 6.27. The summed E-state index contributed by atoms with van der Waals surface area (Å²) >= 11 is 0. The van der Waals surface area contributed by atoms with E-state index in [9.17, 15) is 24.3 Å². The van der Waals surface area contributed by atoms with Crippen LogP contribution in [0, 0.1) is 23.7 Å². The maximum Gasteiger partial charge on any atom is 0.326 e. The van der Waals surface area contributed by atoms with Gasteiger partial charge in [0.05, 0.1) is 36.6 Å². The first-order valence-electron chi connectivity index (χ1n) is 16.0. The van der Waals surface area contributed by atoms with Crippen LogP contribution < -0.4 is 5.32 Å². The van der Waals surface area contributed by atoms with Crippen molar-refractivity contribution in [2.75, 3.05) is 27.8 Å². The molecule has 1 heterocycles. The highest BCUT2D eigenvalue weighted by atomic mass is 16.5. The summed E-state index contributed by atoms with van der Waals surface area (Å²) in [4.78, 5) is 56.0. The maximum absolute atomic E-state index is 13.9. The van der Waals surface area contributed by atoms with E-state index in [1.807, 2.05) is 51.1 Å². The molecule has 3 amide bonds. The van der Waals surface area contributed by atoms with Crippen molar-refractivity contribution in [2.24, 2.45) is 23.7 Å². The van der Waals surface area contributed by atoms with E-state index in [-0.39, 0.29) is 54.5 Å². The number of rotatable bonds is 17. The Hall–Kier alpha value is -2.98. The monoisotopic (exact) mass is 617 g/mol. The van der Waals surface area contributed by atoms with Crippen molar-refractivity contribution < 1.29 is 33.8 Å². The molecule has 2 N–H and O–H groups in total. The highest BCUT2D eigenvalue weighted by molar-refractivity contribution is 5.85. The van der Waals surface area contributed by atoms with E-state index in [0.29, 0.717) is 13.0 Å². The molecule has 0 saturated carbocycles. The lowest BCUT2D eigenvalue weighted by Crippen LogP contribution is -2.54. The topological polar surface area (TPSA) is 125 Å². The van der Waals surface area contributed by atoms with Crippen molar-refractivity contribution in [2.45, 2.75) is 104 Å². The number of hydrogen-bond donors (Lipinski definition) is 2. The van der Waals surface area contributed by atoms with E-state index in [1.165, 1.54) is 7.11 Å². The number of carboxylic acids is 1. The van der Waals surface area contributed by atoms with Gasteiger partial charge in [0, 0.05) is 40.2 Å². The van der Waals surface area contributed by atoms with Gasteiger partial charge in [-0.2, -0.15) is 0 Å².